The van der Waals surface area contributed by atoms with Gasteiger partial charge in [-0.3, -0.25) is 9.36 Å². The predicted octanol–water partition coefficient (Wildman–Crippen LogP) is 4.69. The maximum atomic E-state index is 13.8. The highest BCUT2D eigenvalue weighted by atomic mass is 32.1. The van der Waals surface area contributed by atoms with E-state index in [4.69, 9.17) is 14.2 Å². The smallest absolute Gasteiger partial charge is 0.338 e. The molecule has 0 radical (unpaired) electrons. The number of fused-ring (bicyclic) bond motifs is 1. The molecule has 1 aromatic heterocycles. The van der Waals surface area contributed by atoms with E-state index in [2.05, 4.69) is 4.99 Å². The molecule has 8 heteroatoms. The number of methoxy groups -OCH3 is 1. The second-order valence-electron chi connectivity index (χ2n) is 9.34. The fraction of sp³-hybridized carbons (Fsp3) is 0.219. The van der Waals surface area contributed by atoms with Crippen LogP contribution in [0.25, 0.3) is 6.08 Å². The van der Waals surface area contributed by atoms with Crippen LogP contribution in [0.5, 0.6) is 11.5 Å². The zero-order chi connectivity index (χ0) is 28.2. The van der Waals surface area contributed by atoms with Crippen molar-refractivity contribution in [2.75, 3.05) is 13.7 Å². The molecule has 5 rings (SSSR count). The largest absolute Gasteiger partial charge is 0.496 e. The third-order valence-corrected chi connectivity index (χ3v) is 7.69. The van der Waals surface area contributed by atoms with Crippen LogP contribution in [0.4, 0.5) is 0 Å². The first-order valence-electron chi connectivity index (χ1n) is 13.0. The third-order valence-electron chi connectivity index (χ3n) is 6.71. The maximum Gasteiger partial charge on any atom is 0.338 e. The van der Waals surface area contributed by atoms with Crippen molar-refractivity contribution >= 4 is 23.4 Å². The lowest BCUT2D eigenvalue weighted by Gasteiger charge is -2.24. The lowest BCUT2D eigenvalue weighted by atomic mass is 9.96. The Morgan fingerprint density at radius 3 is 2.50 bits per heavy atom. The Hall–Kier alpha value is -4.43. The Balaban J connectivity index is 1.57. The lowest BCUT2D eigenvalue weighted by molar-refractivity contribution is -0.139. The molecule has 204 valence electrons. The summed E-state index contributed by atoms with van der Waals surface area (Å²) in [6, 6.07) is 22.4. The number of hydrogen-bond donors (Lipinski definition) is 0. The minimum atomic E-state index is -0.632. The Morgan fingerprint density at radius 2 is 1.77 bits per heavy atom. The standard InChI is InChI=1S/C32H30N2O5S/c1-5-38-31(36)28-21(3)33-32-34(29(28)23-12-7-6-8-13-23)30(35)27(40-32)18-22-15-16-26(37-4)24(17-22)19-39-25-14-10-9-11-20(25)2/h6-18,29H,5,19H2,1-4H3/b27-18+/t29-/m0/s1. The number of aryl methyl sites for hydroxylation is 1. The van der Waals surface area contributed by atoms with Crippen molar-refractivity contribution in [3.8, 4) is 11.5 Å². The fourth-order valence-electron chi connectivity index (χ4n) is 4.77. The number of para-hydroxylation sites is 1. The van der Waals surface area contributed by atoms with Crippen molar-refractivity contribution in [3.63, 3.8) is 0 Å². The third kappa shape index (κ3) is 5.35. The Bertz CT molecular complexity index is 1770. The second-order valence-corrected chi connectivity index (χ2v) is 10.3. The van der Waals surface area contributed by atoms with Gasteiger partial charge in [0, 0.05) is 5.56 Å². The molecule has 0 spiro atoms. The molecule has 0 aliphatic carbocycles. The molecule has 1 atom stereocenters. The van der Waals surface area contributed by atoms with E-state index in [1.165, 1.54) is 11.3 Å². The van der Waals surface area contributed by atoms with Gasteiger partial charge in [0.2, 0.25) is 0 Å². The van der Waals surface area contributed by atoms with Crippen LogP contribution in [0.2, 0.25) is 0 Å². The van der Waals surface area contributed by atoms with Crippen LogP contribution in [0, 0.1) is 6.92 Å². The van der Waals surface area contributed by atoms with Crippen LogP contribution in [-0.2, 0) is 16.1 Å². The van der Waals surface area contributed by atoms with Crippen molar-refractivity contribution in [1.29, 1.82) is 0 Å². The molecule has 0 unspecified atom stereocenters. The van der Waals surface area contributed by atoms with Gasteiger partial charge >= 0.3 is 5.97 Å². The molecule has 0 saturated heterocycles. The van der Waals surface area contributed by atoms with E-state index >= 15 is 0 Å². The average molecular weight is 555 g/mol. The van der Waals surface area contributed by atoms with E-state index in [0.717, 1.165) is 28.0 Å². The molecule has 1 aliphatic heterocycles. The van der Waals surface area contributed by atoms with Crippen molar-refractivity contribution in [2.24, 2.45) is 4.99 Å². The van der Waals surface area contributed by atoms with Crippen LogP contribution in [0.1, 0.15) is 42.1 Å². The minimum Gasteiger partial charge on any atom is -0.496 e. The normalized spacial score (nSPS) is 14.9. The zero-order valence-corrected chi connectivity index (χ0v) is 23.7. The second kappa shape index (κ2) is 11.8. The summed E-state index contributed by atoms with van der Waals surface area (Å²) >= 11 is 1.29. The van der Waals surface area contributed by atoms with Crippen molar-refractivity contribution in [2.45, 2.75) is 33.4 Å². The number of aromatic nitrogens is 1. The summed E-state index contributed by atoms with van der Waals surface area (Å²) in [5, 5.41) is 0. The van der Waals surface area contributed by atoms with Crippen molar-refractivity contribution in [3.05, 3.63) is 126 Å². The first-order valence-corrected chi connectivity index (χ1v) is 13.8. The van der Waals surface area contributed by atoms with Gasteiger partial charge in [-0.1, -0.05) is 65.9 Å². The van der Waals surface area contributed by atoms with E-state index < -0.39 is 12.0 Å². The summed E-state index contributed by atoms with van der Waals surface area (Å²) in [7, 11) is 1.62. The first kappa shape index (κ1) is 27.1. The van der Waals surface area contributed by atoms with E-state index in [1.807, 2.05) is 85.8 Å². The van der Waals surface area contributed by atoms with E-state index in [9.17, 15) is 9.59 Å². The van der Waals surface area contributed by atoms with Gasteiger partial charge in [0.05, 0.1) is 35.6 Å². The molecule has 1 aliphatic rings. The summed E-state index contributed by atoms with van der Waals surface area (Å²) < 4.78 is 19.1. The summed E-state index contributed by atoms with van der Waals surface area (Å²) in [5.41, 5.74) is 4.23. The van der Waals surface area contributed by atoms with Crippen LogP contribution < -0.4 is 24.4 Å². The quantitative estimate of drug-likeness (QED) is 0.295. The number of carbonyl (C=O) groups excluding carboxylic acids is 1. The van der Waals surface area contributed by atoms with Gasteiger partial charge in [-0.2, -0.15) is 0 Å². The van der Waals surface area contributed by atoms with Crippen LogP contribution in [0.15, 0.2) is 93.9 Å². The Morgan fingerprint density at radius 1 is 1.02 bits per heavy atom. The number of esters is 1. The summed E-state index contributed by atoms with van der Waals surface area (Å²) in [6.45, 7) is 6.08. The molecule has 0 fully saturated rings. The molecule has 0 N–H and O–H groups in total. The molecular formula is C32H30N2O5S. The Labute approximate surface area is 236 Å². The van der Waals surface area contributed by atoms with Crippen molar-refractivity contribution < 1.29 is 19.0 Å². The molecule has 0 saturated carbocycles. The average Bonchev–Trinajstić information content (AvgIpc) is 3.26. The highest BCUT2D eigenvalue weighted by molar-refractivity contribution is 7.07. The minimum absolute atomic E-state index is 0.222. The van der Waals surface area contributed by atoms with Gasteiger partial charge in [0.15, 0.2) is 4.80 Å². The van der Waals surface area contributed by atoms with Gasteiger partial charge in [0.25, 0.3) is 5.56 Å². The molecule has 0 bridgehead atoms. The number of ether oxygens (including phenoxy) is 3. The number of benzene rings is 3. The number of allylic oxidation sites excluding steroid dienone is 1. The molecule has 40 heavy (non-hydrogen) atoms. The molecule has 7 nitrogen and oxygen atoms in total. The first-order chi connectivity index (χ1) is 19.4. The maximum absolute atomic E-state index is 13.8. The Kier molecular flexibility index (Phi) is 7.98. The predicted molar refractivity (Wildman–Crippen MR) is 155 cm³/mol. The molecule has 3 aromatic carbocycles. The summed E-state index contributed by atoms with van der Waals surface area (Å²) in [4.78, 5) is 32.0. The monoisotopic (exact) mass is 554 g/mol. The summed E-state index contributed by atoms with van der Waals surface area (Å²) in [5.74, 6) is 1.03. The lowest BCUT2D eigenvalue weighted by Crippen LogP contribution is -2.39. The van der Waals surface area contributed by atoms with Gasteiger partial charge in [-0.15, -0.1) is 0 Å². The molecule has 4 aromatic rings. The van der Waals surface area contributed by atoms with E-state index in [1.54, 1.807) is 25.5 Å². The topological polar surface area (TPSA) is 79.1 Å². The number of carbonyl (C=O) groups is 1. The van der Waals surface area contributed by atoms with Crippen LogP contribution in [-0.4, -0.2) is 24.3 Å². The van der Waals surface area contributed by atoms with Crippen LogP contribution >= 0.6 is 11.3 Å². The number of nitrogens with zero attached hydrogens (tertiary/aromatic N) is 2. The van der Waals surface area contributed by atoms with Crippen LogP contribution in [0.3, 0.4) is 0 Å². The highest BCUT2D eigenvalue weighted by Gasteiger charge is 2.33. The molecule has 2 heterocycles. The number of thiazole rings is 1. The van der Waals surface area contributed by atoms with Gasteiger partial charge in [-0.05, 0) is 61.7 Å². The molecule has 0 amide bonds. The van der Waals surface area contributed by atoms with E-state index in [-0.39, 0.29) is 12.2 Å². The highest BCUT2D eigenvalue weighted by Crippen LogP contribution is 2.30. The van der Waals surface area contributed by atoms with Gasteiger partial charge in [-0.25, -0.2) is 9.79 Å². The van der Waals surface area contributed by atoms with Gasteiger partial charge < -0.3 is 14.2 Å². The summed E-state index contributed by atoms with van der Waals surface area (Å²) in [6.07, 6.45) is 1.84. The zero-order valence-electron chi connectivity index (χ0n) is 22.8. The fourth-order valence-corrected chi connectivity index (χ4v) is 5.82. The van der Waals surface area contributed by atoms with Gasteiger partial charge in [0.1, 0.15) is 18.1 Å². The number of hydrogen-bond acceptors (Lipinski definition) is 7. The number of rotatable bonds is 8. The van der Waals surface area contributed by atoms with E-state index in [0.29, 0.717) is 33.0 Å². The SMILES string of the molecule is CCOC(=O)C1=C(C)N=c2s/c(=C/c3ccc(OC)c(COc4ccccc4C)c3)c(=O)n2[C@H]1c1ccccc1. The van der Waals surface area contributed by atoms with Crippen molar-refractivity contribution in [1.82, 2.24) is 4.57 Å². The molecular weight excluding hydrogens is 524 g/mol.